The number of nitrogens with zero attached hydrogens (tertiary/aromatic N) is 2. The number of benzene rings is 2. The molecule has 2 nitrogen and oxygen atoms in total. The van der Waals surface area contributed by atoms with Crippen molar-refractivity contribution < 1.29 is 4.39 Å². The molecule has 0 aliphatic carbocycles. The van der Waals surface area contributed by atoms with Crippen LogP contribution in [-0.2, 0) is 0 Å². The van der Waals surface area contributed by atoms with E-state index in [0.29, 0.717) is 0 Å². The third-order valence-corrected chi connectivity index (χ3v) is 4.65. The van der Waals surface area contributed by atoms with Gasteiger partial charge in [0.2, 0.25) is 0 Å². The van der Waals surface area contributed by atoms with E-state index in [1.165, 1.54) is 12.1 Å². The fourth-order valence-electron chi connectivity index (χ4n) is 2.47. The Morgan fingerprint density at radius 2 is 1.57 bits per heavy atom. The zero-order valence-corrected chi connectivity index (χ0v) is 13.0. The van der Waals surface area contributed by atoms with Crippen molar-refractivity contribution >= 4 is 17.4 Å². The Bertz CT molecular complexity index is 946. The van der Waals surface area contributed by atoms with Crippen LogP contribution in [0.1, 0.15) is 0 Å². The van der Waals surface area contributed by atoms with Gasteiger partial charge in [0.05, 0.1) is 0 Å². The quantitative estimate of drug-likeness (QED) is 0.510. The van der Waals surface area contributed by atoms with E-state index in [4.69, 9.17) is 4.98 Å². The Hall–Kier alpha value is -2.59. The molecule has 23 heavy (non-hydrogen) atoms. The summed E-state index contributed by atoms with van der Waals surface area (Å²) in [5, 5.41) is 1.03. The van der Waals surface area contributed by atoms with Gasteiger partial charge >= 0.3 is 0 Å². The van der Waals surface area contributed by atoms with Gasteiger partial charge in [-0.25, -0.2) is 9.37 Å². The molecule has 0 aliphatic heterocycles. The molecule has 0 aliphatic rings. The van der Waals surface area contributed by atoms with Crippen LogP contribution in [0.25, 0.3) is 16.9 Å². The average molecular weight is 320 g/mol. The number of pyridine rings is 1. The summed E-state index contributed by atoms with van der Waals surface area (Å²) in [7, 11) is 0. The van der Waals surface area contributed by atoms with Gasteiger partial charge in [-0.2, -0.15) is 0 Å². The van der Waals surface area contributed by atoms with E-state index >= 15 is 0 Å². The van der Waals surface area contributed by atoms with Gasteiger partial charge in [0.1, 0.15) is 22.2 Å². The van der Waals surface area contributed by atoms with Gasteiger partial charge in [-0.1, -0.05) is 36.0 Å². The summed E-state index contributed by atoms with van der Waals surface area (Å²) in [5.74, 6) is -0.241. The minimum Gasteiger partial charge on any atom is -0.294 e. The number of aromatic nitrogens is 2. The van der Waals surface area contributed by atoms with E-state index in [0.717, 1.165) is 26.8 Å². The second-order valence-corrected chi connectivity index (χ2v) is 6.18. The SMILES string of the molecule is Fc1ccc(-c2nc3ccccn3c2Sc2ccccc2)cc1. The van der Waals surface area contributed by atoms with Crippen molar-refractivity contribution in [1.29, 1.82) is 0 Å². The molecule has 2 heterocycles. The molecule has 0 saturated carbocycles. The first-order chi connectivity index (χ1) is 11.3. The summed E-state index contributed by atoms with van der Waals surface area (Å²) < 4.78 is 15.3. The lowest BCUT2D eigenvalue weighted by Gasteiger charge is -2.05. The second-order valence-electron chi connectivity index (χ2n) is 5.12. The molecule has 2 aromatic heterocycles. The predicted octanol–water partition coefficient (Wildman–Crippen LogP) is 5.29. The van der Waals surface area contributed by atoms with Crippen molar-refractivity contribution in [2.45, 2.75) is 9.92 Å². The van der Waals surface area contributed by atoms with Crippen molar-refractivity contribution in [1.82, 2.24) is 9.38 Å². The van der Waals surface area contributed by atoms with Crippen LogP contribution >= 0.6 is 11.8 Å². The summed E-state index contributed by atoms with van der Waals surface area (Å²) in [6.45, 7) is 0. The molecule has 0 radical (unpaired) electrons. The van der Waals surface area contributed by atoms with Crippen LogP contribution in [0.4, 0.5) is 4.39 Å². The molecule has 0 saturated heterocycles. The zero-order valence-electron chi connectivity index (χ0n) is 12.2. The highest BCUT2D eigenvalue weighted by Crippen LogP contribution is 2.36. The standard InChI is InChI=1S/C19H13FN2S/c20-15-11-9-14(10-12-15)18-19(23-16-6-2-1-3-7-16)22-13-5-4-8-17(22)21-18/h1-13H. The fraction of sp³-hybridized carbons (Fsp3) is 0. The molecular formula is C19H13FN2S. The summed E-state index contributed by atoms with van der Waals surface area (Å²) in [6.07, 6.45) is 2.00. The van der Waals surface area contributed by atoms with E-state index in [9.17, 15) is 4.39 Å². The Labute approximate surface area is 137 Å². The summed E-state index contributed by atoms with van der Waals surface area (Å²) in [4.78, 5) is 5.87. The summed E-state index contributed by atoms with van der Waals surface area (Å²) >= 11 is 1.66. The Kier molecular flexibility index (Phi) is 3.60. The third kappa shape index (κ3) is 2.73. The van der Waals surface area contributed by atoms with Crippen molar-refractivity contribution in [2.75, 3.05) is 0 Å². The minimum absolute atomic E-state index is 0.241. The Balaban J connectivity index is 1.89. The molecular weight excluding hydrogens is 307 g/mol. The molecule has 0 unspecified atom stereocenters. The lowest BCUT2D eigenvalue weighted by Crippen LogP contribution is -1.87. The van der Waals surface area contributed by atoms with Crippen LogP contribution in [0.3, 0.4) is 0 Å². The maximum atomic E-state index is 13.2. The highest BCUT2D eigenvalue weighted by Gasteiger charge is 2.15. The largest absolute Gasteiger partial charge is 0.294 e. The maximum Gasteiger partial charge on any atom is 0.138 e. The van der Waals surface area contributed by atoms with Crippen molar-refractivity contribution in [2.24, 2.45) is 0 Å². The normalized spacial score (nSPS) is 11.0. The van der Waals surface area contributed by atoms with Gasteiger partial charge in [0.15, 0.2) is 0 Å². The molecule has 4 heteroatoms. The van der Waals surface area contributed by atoms with Crippen LogP contribution in [0.5, 0.6) is 0 Å². The van der Waals surface area contributed by atoms with E-state index in [1.807, 2.05) is 42.6 Å². The first kappa shape index (κ1) is 14.0. The van der Waals surface area contributed by atoms with Gasteiger partial charge in [0, 0.05) is 16.7 Å². The Morgan fingerprint density at radius 3 is 2.35 bits per heavy atom. The lowest BCUT2D eigenvalue weighted by atomic mass is 10.2. The molecule has 2 aromatic carbocycles. The zero-order chi connectivity index (χ0) is 15.6. The fourth-order valence-corrected chi connectivity index (χ4v) is 3.50. The number of fused-ring (bicyclic) bond motifs is 1. The van der Waals surface area contributed by atoms with Crippen molar-refractivity contribution in [3.63, 3.8) is 0 Å². The molecule has 0 N–H and O–H groups in total. The first-order valence-electron chi connectivity index (χ1n) is 7.27. The number of hydrogen-bond acceptors (Lipinski definition) is 2. The number of imidazole rings is 1. The van der Waals surface area contributed by atoms with Crippen molar-refractivity contribution in [3.8, 4) is 11.3 Å². The maximum absolute atomic E-state index is 13.2. The van der Waals surface area contributed by atoms with E-state index in [1.54, 1.807) is 23.9 Å². The molecule has 0 amide bonds. The molecule has 112 valence electrons. The summed E-state index contributed by atoms with van der Waals surface area (Å²) in [6, 6.07) is 22.6. The predicted molar refractivity (Wildman–Crippen MR) is 91.2 cm³/mol. The van der Waals surface area contributed by atoms with E-state index < -0.39 is 0 Å². The minimum atomic E-state index is -0.241. The average Bonchev–Trinajstić information content (AvgIpc) is 2.95. The van der Waals surface area contributed by atoms with E-state index in [2.05, 4.69) is 16.5 Å². The molecule has 0 atom stereocenters. The topological polar surface area (TPSA) is 17.3 Å². The number of halogens is 1. The monoisotopic (exact) mass is 320 g/mol. The van der Waals surface area contributed by atoms with Crippen LogP contribution in [-0.4, -0.2) is 9.38 Å². The Morgan fingerprint density at radius 1 is 0.826 bits per heavy atom. The van der Waals surface area contributed by atoms with Gasteiger partial charge in [-0.3, -0.25) is 4.40 Å². The number of hydrogen-bond donors (Lipinski definition) is 0. The highest BCUT2D eigenvalue weighted by atomic mass is 32.2. The smallest absolute Gasteiger partial charge is 0.138 e. The van der Waals surface area contributed by atoms with E-state index in [-0.39, 0.29) is 5.82 Å². The summed E-state index contributed by atoms with van der Waals surface area (Å²) in [5.41, 5.74) is 2.66. The van der Waals surface area contributed by atoms with Crippen LogP contribution in [0.2, 0.25) is 0 Å². The molecule has 4 aromatic rings. The third-order valence-electron chi connectivity index (χ3n) is 3.56. The van der Waals surface area contributed by atoms with Gasteiger partial charge in [-0.15, -0.1) is 0 Å². The van der Waals surface area contributed by atoms with Gasteiger partial charge in [-0.05, 0) is 48.5 Å². The van der Waals surface area contributed by atoms with Crippen molar-refractivity contribution in [3.05, 3.63) is 84.8 Å². The first-order valence-corrected chi connectivity index (χ1v) is 8.09. The molecule has 4 rings (SSSR count). The molecule has 0 bridgehead atoms. The second kappa shape index (κ2) is 5.89. The van der Waals surface area contributed by atoms with Crippen LogP contribution in [0, 0.1) is 5.82 Å². The molecule has 0 spiro atoms. The lowest BCUT2D eigenvalue weighted by molar-refractivity contribution is 0.628. The number of rotatable bonds is 3. The van der Waals surface area contributed by atoms with Crippen LogP contribution < -0.4 is 0 Å². The van der Waals surface area contributed by atoms with Gasteiger partial charge < -0.3 is 0 Å². The highest BCUT2D eigenvalue weighted by molar-refractivity contribution is 7.99. The van der Waals surface area contributed by atoms with Gasteiger partial charge in [0.25, 0.3) is 0 Å². The molecule has 0 fully saturated rings. The van der Waals surface area contributed by atoms with Crippen LogP contribution in [0.15, 0.2) is 88.9 Å².